The first kappa shape index (κ1) is 20.8. The molecule has 1 aromatic heterocycles. The predicted octanol–water partition coefficient (Wildman–Crippen LogP) is 1.29. The average molecular weight is 427 g/mol. The van der Waals surface area contributed by atoms with Crippen LogP contribution < -0.4 is 5.32 Å². The van der Waals surface area contributed by atoms with E-state index in [2.05, 4.69) is 10.4 Å². The van der Waals surface area contributed by atoms with E-state index >= 15 is 0 Å². The first-order valence-corrected chi connectivity index (χ1v) is 11.0. The number of aromatic nitrogens is 2. The second-order valence-electron chi connectivity index (χ2n) is 6.43. The van der Waals surface area contributed by atoms with Gasteiger partial charge in [0.25, 0.3) is 0 Å². The van der Waals surface area contributed by atoms with Crippen LogP contribution in [0.1, 0.15) is 18.0 Å². The maximum absolute atomic E-state index is 12.3. The molecule has 3 rings (SSSR count). The molecule has 1 saturated heterocycles. The Morgan fingerprint density at radius 1 is 1.25 bits per heavy atom. The van der Waals surface area contributed by atoms with Crippen LogP contribution in [0.5, 0.6) is 0 Å². The Morgan fingerprint density at radius 2 is 1.96 bits per heavy atom. The van der Waals surface area contributed by atoms with Crippen molar-refractivity contribution in [3.63, 3.8) is 0 Å². The molecular weight excluding hydrogens is 404 g/mol. The molecule has 1 N–H and O–H groups in total. The number of hydrogen-bond donors (Lipinski definition) is 1. The fourth-order valence-electron chi connectivity index (χ4n) is 2.99. The zero-order valence-corrected chi connectivity index (χ0v) is 16.9. The largest absolute Gasteiger partial charge is 0.379 e. The Hall–Kier alpha value is -1.94. The Morgan fingerprint density at radius 3 is 2.61 bits per heavy atom. The number of carbonyl (C=O) groups is 1. The average Bonchev–Trinajstić information content (AvgIpc) is 3.23. The number of nitrogens with zero attached hydrogens (tertiary/aromatic N) is 3. The normalized spacial score (nSPS) is 16.6. The molecule has 1 aliphatic rings. The first-order chi connectivity index (χ1) is 13.5. The highest BCUT2D eigenvalue weighted by atomic mass is 35.5. The topological polar surface area (TPSA) is 93.5 Å². The van der Waals surface area contributed by atoms with E-state index in [1.54, 1.807) is 29.1 Å². The SMILES string of the molecule is O=C(CCS(=O)(=O)N1CCOCC1)NC[C@@H](c1ccc(Cl)cc1)n1cccn1. The molecule has 0 spiro atoms. The van der Waals surface area contributed by atoms with Gasteiger partial charge in [0.1, 0.15) is 0 Å². The molecule has 152 valence electrons. The lowest BCUT2D eigenvalue weighted by Crippen LogP contribution is -2.42. The maximum Gasteiger partial charge on any atom is 0.221 e. The van der Waals surface area contributed by atoms with Crippen LogP contribution in [0.2, 0.25) is 5.02 Å². The van der Waals surface area contributed by atoms with Gasteiger partial charge in [0.15, 0.2) is 0 Å². The Labute approximate surface area is 169 Å². The highest BCUT2D eigenvalue weighted by Crippen LogP contribution is 2.19. The highest BCUT2D eigenvalue weighted by Gasteiger charge is 2.25. The van der Waals surface area contributed by atoms with Crippen LogP contribution in [-0.4, -0.2) is 67.0 Å². The number of morpholine rings is 1. The summed E-state index contributed by atoms with van der Waals surface area (Å²) in [5.41, 5.74) is 0.939. The standard InChI is InChI=1S/C18H23ClN4O4S/c19-16-4-2-15(3-5-16)17(23-8-1-7-21-23)14-20-18(24)6-13-28(25,26)22-9-11-27-12-10-22/h1-5,7-8,17H,6,9-14H2,(H,20,24)/t17-/m0/s1. The predicted molar refractivity (Wildman–Crippen MR) is 106 cm³/mol. The summed E-state index contributed by atoms with van der Waals surface area (Å²) in [6.45, 7) is 1.74. The number of benzene rings is 1. The van der Waals surface area contributed by atoms with Gasteiger partial charge in [-0.15, -0.1) is 0 Å². The number of amides is 1. The van der Waals surface area contributed by atoms with E-state index in [-0.39, 0.29) is 24.1 Å². The molecule has 1 aliphatic heterocycles. The van der Waals surface area contributed by atoms with Crippen molar-refractivity contribution in [2.75, 3.05) is 38.6 Å². The van der Waals surface area contributed by atoms with Crippen LogP contribution in [0.4, 0.5) is 0 Å². The van der Waals surface area contributed by atoms with Gasteiger partial charge in [-0.2, -0.15) is 9.40 Å². The number of rotatable bonds is 8. The van der Waals surface area contributed by atoms with Gasteiger partial charge in [0.05, 0.1) is 25.0 Å². The molecule has 0 radical (unpaired) electrons. The van der Waals surface area contributed by atoms with E-state index in [0.717, 1.165) is 5.56 Å². The zero-order valence-electron chi connectivity index (χ0n) is 15.3. The molecule has 1 fully saturated rings. The quantitative estimate of drug-likeness (QED) is 0.686. The lowest BCUT2D eigenvalue weighted by Gasteiger charge is -2.26. The number of halogens is 1. The summed E-state index contributed by atoms with van der Waals surface area (Å²) >= 11 is 5.96. The van der Waals surface area contributed by atoms with Gasteiger partial charge >= 0.3 is 0 Å². The number of carbonyl (C=O) groups excluding carboxylic acids is 1. The molecule has 1 atom stereocenters. The monoisotopic (exact) mass is 426 g/mol. The lowest BCUT2D eigenvalue weighted by molar-refractivity contribution is -0.120. The van der Waals surface area contributed by atoms with Crippen molar-refractivity contribution in [1.82, 2.24) is 19.4 Å². The third-order valence-corrected chi connectivity index (χ3v) is 6.67. The summed E-state index contributed by atoms with van der Waals surface area (Å²) in [4.78, 5) is 12.3. The molecule has 2 heterocycles. The van der Waals surface area contributed by atoms with Crippen LogP contribution in [0.25, 0.3) is 0 Å². The highest BCUT2D eigenvalue weighted by molar-refractivity contribution is 7.89. The van der Waals surface area contributed by atoms with E-state index in [0.29, 0.717) is 37.9 Å². The first-order valence-electron chi connectivity index (χ1n) is 9.02. The molecule has 10 heteroatoms. The van der Waals surface area contributed by atoms with Crippen molar-refractivity contribution in [3.05, 3.63) is 53.3 Å². The maximum atomic E-state index is 12.3. The van der Waals surface area contributed by atoms with E-state index in [1.807, 2.05) is 18.3 Å². The zero-order chi connectivity index (χ0) is 20.0. The van der Waals surface area contributed by atoms with E-state index in [9.17, 15) is 13.2 Å². The number of sulfonamides is 1. The van der Waals surface area contributed by atoms with Gasteiger partial charge in [-0.3, -0.25) is 9.48 Å². The minimum atomic E-state index is -3.46. The summed E-state index contributed by atoms with van der Waals surface area (Å²) in [5, 5.41) is 7.70. The van der Waals surface area contributed by atoms with Crippen LogP contribution in [0.15, 0.2) is 42.7 Å². The molecule has 2 aromatic rings. The summed E-state index contributed by atoms with van der Waals surface area (Å²) in [5.74, 6) is -0.533. The second kappa shape index (κ2) is 9.51. The van der Waals surface area contributed by atoms with Gasteiger partial charge in [-0.25, -0.2) is 8.42 Å². The summed E-state index contributed by atoms with van der Waals surface area (Å²) in [6.07, 6.45) is 3.39. The van der Waals surface area contributed by atoms with E-state index in [4.69, 9.17) is 16.3 Å². The molecule has 1 aromatic carbocycles. The molecule has 0 unspecified atom stereocenters. The van der Waals surface area contributed by atoms with Gasteiger partial charge in [-0.05, 0) is 23.8 Å². The minimum absolute atomic E-state index is 0.0911. The van der Waals surface area contributed by atoms with Crippen molar-refractivity contribution in [2.24, 2.45) is 0 Å². The number of nitrogens with one attached hydrogen (secondary N) is 1. The third kappa shape index (κ3) is 5.54. The molecule has 0 bridgehead atoms. The van der Waals surface area contributed by atoms with Gasteiger partial charge < -0.3 is 10.1 Å². The van der Waals surface area contributed by atoms with Crippen LogP contribution >= 0.6 is 11.6 Å². The molecule has 8 nitrogen and oxygen atoms in total. The molecule has 0 aliphatic carbocycles. The Bertz CT molecular complexity index is 866. The minimum Gasteiger partial charge on any atom is -0.379 e. The Kier molecular flexibility index (Phi) is 7.06. The van der Waals surface area contributed by atoms with Gasteiger partial charge in [-0.1, -0.05) is 23.7 Å². The van der Waals surface area contributed by atoms with Crippen molar-refractivity contribution in [3.8, 4) is 0 Å². The van der Waals surface area contributed by atoms with E-state index in [1.165, 1.54) is 4.31 Å². The van der Waals surface area contributed by atoms with Crippen molar-refractivity contribution in [1.29, 1.82) is 0 Å². The van der Waals surface area contributed by atoms with Gasteiger partial charge in [0, 0.05) is 43.5 Å². The van der Waals surface area contributed by atoms with E-state index < -0.39 is 10.0 Å². The molecule has 28 heavy (non-hydrogen) atoms. The van der Waals surface area contributed by atoms with Crippen molar-refractivity contribution < 1.29 is 17.9 Å². The Balaban J connectivity index is 1.57. The van der Waals surface area contributed by atoms with Crippen LogP contribution in [-0.2, 0) is 19.6 Å². The molecule has 1 amide bonds. The third-order valence-electron chi connectivity index (χ3n) is 4.54. The number of ether oxygens (including phenoxy) is 1. The number of hydrogen-bond acceptors (Lipinski definition) is 5. The lowest BCUT2D eigenvalue weighted by atomic mass is 10.1. The van der Waals surface area contributed by atoms with Crippen LogP contribution in [0, 0.1) is 0 Å². The fourth-order valence-corrected chi connectivity index (χ4v) is 4.52. The smallest absolute Gasteiger partial charge is 0.221 e. The van der Waals surface area contributed by atoms with Crippen LogP contribution in [0.3, 0.4) is 0 Å². The fraction of sp³-hybridized carbons (Fsp3) is 0.444. The second-order valence-corrected chi connectivity index (χ2v) is 8.96. The molecule has 0 saturated carbocycles. The van der Waals surface area contributed by atoms with Crippen molar-refractivity contribution >= 4 is 27.5 Å². The van der Waals surface area contributed by atoms with Gasteiger partial charge in [0.2, 0.25) is 15.9 Å². The van der Waals surface area contributed by atoms with Crippen molar-refractivity contribution in [2.45, 2.75) is 12.5 Å². The summed E-state index contributed by atoms with van der Waals surface area (Å²) < 4.78 is 33.0. The summed E-state index contributed by atoms with van der Waals surface area (Å²) in [7, 11) is -3.46. The summed E-state index contributed by atoms with van der Waals surface area (Å²) in [6, 6.07) is 8.91. The molecular formula is C18H23ClN4O4S.